The molecule has 1 aromatic rings. The Morgan fingerprint density at radius 3 is 2.35 bits per heavy atom. The number of imidazole rings is 1. The van der Waals surface area contributed by atoms with Gasteiger partial charge in [-0.25, -0.2) is 4.98 Å². The van der Waals surface area contributed by atoms with Crippen LogP contribution in [0.2, 0.25) is 0 Å². The van der Waals surface area contributed by atoms with Crippen LogP contribution < -0.4 is 5.73 Å². The van der Waals surface area contributed by atoms with Gasteiger partial charge in [0.1, 0.15) is 11.6 Å². The predicted octanol–water partition coefficient (Wildman–Crippen LogP) is 3.59. The Balaban J connectivity index is 3.02. The summed E-state index contributed by atoms with van der Waals surface area (Å²) in [5.41, 5.74) is 7.33. The third-order valence-electron chi connectivity index (χ3n) is 2.94. The van der Waals surface area contributed by atoms with Gasteiger partial charge in [-0.15, -0.1) is 0 Å². The molecule has 0 aliphatic heterocycles. The number of anilines is 1. The van der Waals surface area contributed by atoms with Gasteiger partial charge >= 0.3 is 0 Å². The van der Waals surface area contributed by atoms with E-state index < -0.39 is 0 Å². The molecule has 0 amide bonds. The minimum absolute atomic E-state index is 0.437. The number of aryl methyl sites for hydroxylation is 1. The Labute approximate surface area is 105 Å². The Morgan fingerprint density at radius 2 is 1.88 bits per heavy atom. The number of aromatic nitrogens is 2. The summed E-state index contributed by atoms with van der Waals surface area (Å²) in [6, 6.07) is 0. The lowest BCUT2D eigenvalue weighted by Crippen LogP contribution is -2.12. The zero-order valence-corrected chi connectivity index (χ0v) is 12.0. The van der Waals surface area contributed by atoms with Crippen LogP contribution in [-0.4, -0.2) is 9.55 Å². The van der Waals surface area contributed by atoms with Crippen LogP contribution in [0, 0.1) is 5.92 Å². The molecule has 98 valence electrons. The van der Waals surface area contributed by atoms with Crippen molar-refractivity contribution in [3.8, 4) is 0 Å². The Hall–Kier alpha value is -0.990. The molecule has 3 nitrogen and oxygen atoms in total. The number of rotatable bonds is 6. The SMILES string of the molecule is CCCCc1nc(C(C)C)n(CC(C)C)c1N. The van der Waals surface area contributed by atoms with E-state index in [2.05, 4.69) is 39.2 Å². The lowest BCUT2D eigenvalue weighted by Gasteiger charge is -2.14. The zero-order valence-electron chi connectivity index (χ0n) is 12.0. The quantitative estimate of drug-likeness (QED) is 0.821. The average Bonchev–Trinajstić information content (AvgIpc) is 2.53. The van der Waals surface area contributed by atoms with Crippen LogP contribution in [0.15, 0.2) is 0 Å². The van der Waals surface area contributed by atoms with E-state index in [9.17, 15) is 0 Å². The van der Waals surface area contributed by atoms with E-state index in [-0.39, 0.29) is 0 Å². The number of unbranched alkanes of at least 4 members (excludes halogenated alkanes) is 1. The maximum atomic E-state index is 6.23. The van der Waals surface area contributed by atoms with E-state index in [0.717, 1.165) is 30.3 Å². The van der Waals surface area contributed by atoms with Crippen molar-refractivity contribution < 1.29 is 0 Å². The summed E-state index contributed by atoms with van der Waals surface area (Å²) in [6.07, 6.45) is 3.36. The van der Waals surface area contributed by atoms with Gasteiger partial charge in [-0.1, -0.05) is 41.0 Å². The van der Waals surface area contributed by atoms with E-state index in [1.54, 1.807) is 0 Å². The van der Waals surface area contributed by atoms with Crippen LogP contribution in [0.5, 0.6) is 0 Å². The molecule has 2 N–H and O–H groups in total. The molecule has 0 radical (unpaired) electrons. The summed E-state index contributed by atoms with van der Waals surface area (Å²) < 4.78 is 2.21. The van der Waals surface area contributed by atoms with Crippen LogP contribution in [-0.2, 0) is 13.0 Å². The minimum Gasteiger partial charge on any atom is -0.384 e. The topological polar surface area (TPSA) is 43.8 Å². The van der Waals surface area contributed by atoms with Gasteiger partial charge in [-0.3, -0.25) is 0 Å². The molecule has 0 fully saturated rings. The summed E-state index contributed by atoms with van der Waals surface area (Å²) in [4.78, 5) is 4.74. The van der Waals surface area contributed by atoms with E-state index in [1.165, 1.54) is 12.8 Å². The highest BCUT2D eigenvalue weighted by Crippen LogP contribution is 2.23. The molecule has 0 aliphatic carbocycles. The lowest BCUT2D eigenvalue weighted by atomic mass is 10.2. The maximum Gasteiger partial charge on any atom is 0.126 e. The second-order valence-corrected chi connectivity index (χ2v) is 5.56. The molecule has 1 aromatic heterocycles. The van der Waals surface area contributed by atoms with Gasteiger partial charge in [0.05, 0.1) is 5.69 Å². The Kier molecular flexibility index (Phi) is 5.03. The first-order chi connectivity index (χ1) is 7.97. The number of nitrogen functional groups attached to an aromatic ring is 1. The van der Waals surface area contributed by atoms with Crippen molar-refractivity contribution in [2.45, 2.75) is 66.3 Å². The molecule has 1 heterocycles. The normalized spacial score (nSPS) is 11.7. The molecule has 0 aliphatic rings. The van der Waals surface area contributed by atoms with Gasteiger partial charge in [0.2, 0.25) is 0 Å². The summed E-state index contributed by atoms with van der Waals surface area (Å²) in [6.45, 7) is 12.0. The van der Waals surface area contributed by atoms with Crippen molar-refractivity contribution >= 4 is 5.82 Å². The van der Waals surface area contributed by atoms with Crippen molar-refractivity contribution in [1.82, 2.24) is 9.55 Å². The second kappa shape index (κ2) is 6.08. The fourth-order valence-electron chi connectivity index (χ4n) is 2.06. The summed E-state index contributed by atoms with van der Waals surface area (Å²) in [7, 11) is 0. The van der Waals surface area contributed by atoms with E-state index >= 15 is 0 Å². The highest BCUT2D eigenvalue weighted by atomic mass is 15.1. The molecule has 0 spiro atoms. The van der Waals surface area contributed by atoms with Gasteiger partial charge in [0, 0.05) is 12.5 Å². The molecular weight excluding hydrogens is 210 g/mol. The van der Waals surface area contributed by atoms with E-state index in [0.29, 0.717) is 11.8 Å². The lowest BCUT2D eigenvalue weighted by molar-refractivity contribution is 0.502. The van der Waals surface area contributed by atoms with Crippen molar-refractivity contribution in [3.05, 3.63) is 11.5 Å². The van der Waals surface area contributed by atoms with Crippen molar-refractivity contribution in [3.63, 3.8) is 0 Å². The van der Waals surface area contributed by atoms with Gasteiger partial charge in [-0.2, -0.15) is 0 Å². The molecule has 17 heavy (non-hydrogen) atoms. The van der Waals surface area contributed by atoms with Gasteiger partial charge in [-0.05, 0) is 18.8 Å². The smallest absolute Gasteiger partial charge is 0.126 e. The average molecular weight is 237 g/mol. The maximum absolute atomic E-state index is 6.23. The largest absolute Gasteiger partial charge is 0.384 e. The summed E-state index contributed by atoms with van der Waals surface area (Å²) in [5, 5.41) is 0. The van der Waals surface area contributed by atoms with Gasteiger partial charge in [0.25, 0.3) is 0 Å². The van der Waals surface area contributed by atoms with E-state index in [4.69, 9.17) is 10.7 Å². The number of hydrogen-bond donors (Lipinski definition) is 1. The van der Waals surface area contributed by atoms with Crippen LogP contribution in [0.25, 0.3) is 0 Å². The molecule has 0 saturated heterocycles. The molecule has 0 bridgehead atoms. The van der Waals surface area contributed by atoms with Crippen LogP contribution in [0.3, 0.4) is 0 Å². The first kappa shape index (κ1) is 14.1. The molecular formula is C14H27N3. The first-order valence-electron chi connectivity index (χ1n) is 6.82. The minimum atomic E-state index is 0.437. The van der Waals surface area contributed by atoms with E-state index in [1.807, 2.05) is 0 Å². The van der Waals surface area contributed by atoms with Crippen LogP contribution in [0.4, 0.5) is 5.82 Å². The highest BCUT2D eigenvalue weighted by Gasteiger charge is 2.17. The van der Waals surface area contributed by atoms with Gasteiger partial charge in [0.15, 0.2) is 0 Å². The molecule has 0 unspecified atom stereocenters. The molecule has 0 saturated carbocycles. The third-order valence-corrected chi connectivity index (χ3v) is 2.94. The predicted molar refractivity (Wildman–Crippen MR) is 74.2 cm³/mol. The van der Waals surface area contributed by atoms with Crippen LogP contribution in [0.1, 0.15) is 64.9 Å². The fraction of sp³-hybridized carbons (Fsp3) is 0.786. The number of nitrogens with two attached hydrogens (primary N) is 1. The van der Waals surface area contributed by atoms with Crippen molar-refractivity contribution in [2.24, 2.45) is 5.92 Å². The van der Waals surface area contributed by atoms with Crippen molar-refractivity contribution in [1.29, 1.82) is 0 Å². The first-order valence-corrected chi connectivity index (χ1v) is 6.82. The second-order valence-electron chi connectivity index (χ2n) is 5.56. The summed E-state index contributed by atoms with van der Waals surface area (Å²) >= 11 is 0. The van der Waals surface area contributed by atoms with Crippen molar-refractivity contribution in [2.75, 3.05) is 5.73 Å². The fourth-order valence-corrected chi connectivity index (χ4v) is 2.06. The number of nitrogens with zero attached hydrogens (tertiary/aromatic N) is 2. The standard InChI is InChI=1S/C14H27N3/c1-6-7-8-12-13(15)17(9-10(2)3)14(16-12)11(4)5/h10-11H,6-9,15H2,1-5H3. The third kappa shape index (κ3) is 3.48. The monoisotopic (exact) mass is 237 g/mol. The Morgan fingerprint density at radius 1 is 1.24 bits per heavy atom. The molecule has 3 heteroatoms. The number of hydrogen-bond acceptors (Lipinski definition) is 2. The zero-order chi connectivity index (χ0) is 13.0. The summed E-state index contributed by atoms with van der Waals surface area (Å²) in [5.74, 6) is 3.06. The Bertz CT molecular complexity index is 351. The highest BCUT2D eigenvalue weighted by molar-refractivity contribution is 5.39. The molecule has 0 aromatic carbocycles. The molecule has 0 atom stereocenters. The van der Waals surface area contributed by atoms with Crippen LogP contribution >= 0.6 is 0 Å². The van der Waals surface area contributed by atoms with Gasteiger partial charge < -0.3 is 10.3 Å². The molecule has 1 rings (SSSR count).